The van der Waals surface area contributed by atoms with Crippen LogP contribution in [-0.2, 0) is 11.3 Å². The number of hydrogen-bond donors (Lipinski definition) is 0. The van der Waals surface area contributed by atoms with Gasteiger partial charge in [-0.15, -0.1) is 11.3 Å². The van der Waals surface area contributed by atoms with E-state index in [0.29, 0.717) is 24.7 Å². The molecule has 0 bridgehead atoms. The zero-order chi connectivity index (χ0) is 24.9. The molecule has 3 aliphatic rings. The van der Waals surface area contributed by atoms with Crippen molar-refractivity contribution in [2.24, 2.45) is 5.92 Å². The number of amides is 1. The number of ketones is 1. The molecule has 2 fully saturated rings. The maximum absolute atomic E-state index is 13.3. The number of thiophene rings is 1. The Morgan fingerprint density at radius 2 is 1.75 bits per heavy atom. The molecule has 5 rings (SSSR count). The van der Waals surface area contributed by atoms with Crippen molar-refractivity contribution in [3.63, 3.8) is 0 Å². The molecule has 0 unspecified atom stereocenters. The monoisotopic (exact) mass is 500 g/mol. The summed E-state index contributed by atoms with van der Waals surface area (Å²) in [6.45, 7) is 5.07. The summed E-state index contributed by atoms with van der Waals surface area (Å²) in [4.78, 5) is 33.5. The number of carbonyl (C=O) groups excluding carboxylic acids is 2. The van der Waals surface area contributed by atoms with E-state index >= 15 is 0 Å². The van der Waals surface area contributed by atoms with Crippen molar-refractivity contribution in [1.82, 2.24) is 14.7 Å². The van der Waals surface area contributed by atoms with Crippen molar-refractivity contribution in [2.45, 2.75) is 38.3 Å². The Hall–Kier alpha value is -3.21. The molecule has 7 heteroatoms. The van der Waals surface area contributed by atoms with Crippen LogP contribution in [-0.4, -0.2) is 65.2 Å². The SMILES string of the molecule is N#Cc1ccc(CN2CCC(N3C=C(C(=O)N4CCC(C(=O)c5cccs5)CC4)C=CC3)CC2)cc1. The van der Waals surface area contributed by atoms with Crippen molar-refractivity contribution < 1.29 is 9.59 Å². The number of likely N-dealkylation sites (tertiary alicyclic amines) is 2. The van der Waals surface area contributed by atoms with Crippen LogP contribution < -0.4 is 0 Å². The van der Waals surface area contributed by atoms with E-state index in [2.05, 4.69) is 28.1 Å². The van der Waals surface area contributed by atoms with E-state index in [9.17, 15) is 9.59 Å². The van der Waals surface area contributed by atoms with Gasteiger partial charge in [-0.2, -0.15) is 5.26 Å². The van der Waals surface area contributed by atoms with Gasteiger partial charge in [-0.25, -0.2) is 0 Å². The van der Waals surface area contributed by atoms with Gasteiger partial charge in [-0.05, 0) is 54.8 Å². The predicted molar refractivity (Wildman–Crippen MR) is 141 cm³/mol. The Labute approximate surface area is 217 Å². The van der Waals surface area contributed by atoms with E-state index in [0.717, 1.165) is 62.3 Å². The van der Waals surface area contributed by atoms with Crippen LogP contribution in [0.15, 0.2) is 65.7 Å². The standard InChI is InChI=1S/C29H32N4O2S/c30-19-22-5-7-23(8-6-22)20-31-14-11-26(12-15-31)33-13-1-3-25(21-33)29(35)32-16-9-24(10-17-32)28(34)27-4-2-18-36-27/h1-8,18,21,24,26H,9-17,20H2. The summed E-state index contributed by atoms with van der Waals surface area (Å²) in [6, 6.07) is 14.3. The summed E-state index contributed by atoms with van der Waals surface area (Å²) >= 11 is 1.50. The summed E-state index contributed by atoms with van der Waals surface area (Å²) in [6.07, 6.45) is 9.73. The maximum Gasteiger partial charge on any atom is 0.255 e. The number of piperidine rings is 2. The molecule has 0 radical (unpaired) electrons. The van der Waals surface area contributed by atoms with Crippen molar-refractivity contribution in [2.75, 3.05) is 32.7 Å². The third-order valence-corrected chi connectivity index (χ3v) is 8.48. The summed E-state index contributed by atoms with van der Waals surface area (Å²) in [5.74, 6) is 0.330. The molecular weight excluding hydrogens is 468 g/mol. The zero-order valence-corrected chi connectivity index (χ0v) is 21.3. The molecule has 1 amide bonds. The van der Waals surface area contributed by atoms with Gasteiger partial charge in [0.2, 0.25) is 0 Å². The summed E-state index contributed by atoms with van der Waals surface area (Å²) in [5, 5.41) is 10.9. The van der Waals surface area contributed by atoms with Crippen LogP contribution in [0, 0.1) is 17.2 Å². The number of nitriles is 1. The van der Waals surface area contributed by atoms with Crippen LogP contribution in [0.3, 0.4) is 0 Å². The Kier molecular flexibility index (Phi) is 7.64. The average molecular weight is 501 g/mol. The number of benzene rings is 1. The third-order valence-electron chi connectivity index (χ3n) is 7.60. The highest BCUT2D eigenvalue weighted by atomic mass is 32.1. The zero-order valence-electron chi connectivity index (χ0n) is 20.5. The first kappa shape index (κ1) is 24.5. The highest BCUT2D eigenvalue weighted by molar-refractivity contribution is 7.12. The van der Waals surface area contributed by atoms with Gasteiger partial charge in [0.15, 0.2) is 5.78 Å². The summed E-state index contributed by atoms with van der Waals surface area (Å²) in [7, 11) is 0. The van der Waals surface area contributed by atoms with E-state index in [4.69, 9.17) is 5.26 Å². The molecule has 0 saturated carbocycles. The molecule has 0 aliphatic carbocycles. The third kappa shape index (κ3) is 5.61. The van der Waals surface area contributed by atoms with Gasteiger partial charge in [-0.1, -0.05) is 30.4 Å². The highest BCUT2D eigenvalue weighted by Gasteiger charge is 2.30. The fourth-order valence-electron chi connectivity index (χ4n) is 5.46. The first-order valence-electron chi connectivity index (χ1n) is 12.8. The lowest BCUT2D eigenvalue weighted by Gasteiger charge is -2.39. The van der Waals surface area contributed by atoms with E-state index in [1.807, 2.05) is 52.8 Å². The number of rotatable bonds is 6. The molecule has 2 saturated heterocycles. The molecule has 0 spiro atoms. The van der Waals surface area contributed by atoms with Crippen LogP contribution in [0.1, 0.15) is 46.5 Å². The minimum Gasteiger partial charge on any atom is -0.370 e. The summed E-state index contributed by atoms with van der Waals surface area (Å²) < 4.78 is 0. The highest BCUT2D eigenvalue weighted by Crippen LogP contribution is 2.26. The second-order valence-electron chi connectivity index (χ2n) is 9.91. The molecule has 36 heavy (non-hydrogen) atoms. The Balaban J connectivity index is 1.12. The first-order valence-corrected chi connectivity index (χ1v) is 13.7. The van der Waals surface area contributed by atoms with Crippen molar-refractivity contribution in [1.29, 1.82) is 5.26 Å². The maximum atomic E-state index is 13.3. The second kappa shape index (κ2) is 11.2. The molecule has 3 aliphatic heterocycles. The molecule has 4 heterocycles. The van der Waals surface area contributed by atoms with Crippen LogP contribution >= 0.6 is 11.3 Å². The lowest BCUT2D eigenvalue weighted by molar-refractivity contribution is -0.128. The minimum atomic E-state index is 0.0227. The number of Topliss-reactive ketones (excluding diaryl/α,β-unsaturated/α-hetero) is 1. The van der Waals surface area contributed by atoms with E-state index < -0.39 is 0 Å². The molecule has 1 aromatic heterocycles. The molecule has 6 nitrogen and oxygen atoms in total. The Bertz CT molecular complexity index is 1160. The van der Waals surface area contributed by atoms with Crippen LogP contribution in [0.5, 0.6) is 0 Å². The largest absolute Gasteiger partial charge is 0.370 e. The van der Waals surface area contributed by atoms with Crippen molar-refractivity contribution in [3.05, 3.63) is 81.7 Å². The fourth-order valence-corrected chi connectivity index (χ4v) is 6.20. The molecular formula is C29H32N4O2S. The van der Waals surface area contributed by atoms with Gasteiger partial charge in [0, 0.05) is 57.4 Å². The fraction of sp³-hybridized carbons (Fsp3) is 0.414. The van der Waals surface area contributed by atoms with Gasteiger partial charge in [0.1, 0.15) is 0 Å². The normalized spacial score (nSPS) is 19.7. The topological polar surface area (TPSA) is 67.7 Å². The van der Waals surface area contributed by atoms with Crippen molar-refractivity contribution in [3.8, 4) is 6.07 Å². The van der Waals surface area contributed by atoms with Gasteiger partial charge >= 0.3 is 0 Å². The lowest BCUT2D eigenvalue weighted by atomic mass is 9.91. The van der Waals surface area contributed by atoms with Crippen molar-refractivity contribution >= 4 is 23.0 Å². The van der Waals surface area contributed by atoms with Crippen LogP contribution in [0.4, 0.5) is 0 Å². The quantitative estimate of drug-likeness (QED) is 0.548. The minimum absolute atomic E-state index is 0.0227. The smallest absolute Gasteiger partial charge is 0.255 e. The molecule has 2 aromatic rings. The van der Waals surface area contributed by atoms with Gasteiger partial charge in [0.05, 0.1) is 22.1 Å². The van der Waals surface area contributed by atoms with Gasteiger partial charge < -0.3 is 9.80 Å². The van der Waals surface area contributed by atoms with E-state index in [1.165, 1.54) is 16.9 Å². The van der Waals surface area contributed by atoms with E-state index in [-0.39, 0.29) is 17.6 Å². The van der Waals surface area contributed by atoms with Crippen LogP contribution in [0.2, 0.25) is 0 Å². The van der Waals surface area contributed by atoms with E-state index in [1.54, 1.807) is 0 Å². The first-order chi connectivity index (χ1) is 17.6. The number of nitrogens with zero attached hydrogens (tertiary/aromatic N) is 4. The number of carbonyl (C=O) groups is 2. The summed E-state index contributed by atoms with van der Waals surface area (Å²) in [5.41, 5.74) is 2.69. The molecule has 1 aromatic carbocycles. The predicted octanol–water partition coefficient (Wildman–Crippen LogP) is 4.46. The lowest BCUT2D eigenvalue weighted by Crippen LogP contribution is -2.44. The molecule has 186 valence electrons. The Morgan fingerprint density at radius 3 is 2.42 bits per heavy atom. The van der Waals surface area contributed by atoms with Crippen LogP contribution in [0.25, 0.3) is 0 Å². The second-order valence-corrected chi connectivity index (χ2v) is 10.9. The average Bonchev–Trinajstić information content (AvgIpc) is 3.48. The molecule has 0 N–H and O–H groups in total. The van der Waals surface area contributed by atoms with Gasteiger partial charge in [0.25, 0.3) is 5.91 Å². The number of hydrogen-bond acceptors (Lipinski definition) is 6. The molecule has 0 atom stereocenters. The Morgan fingerprint density at radius 1 is 1.00 bits per heavy atom. The van der Waals surface area contributed by atoms with Gasteiger partial charge in [-0.3, -0.25) is 14.5 Å².